The van der Waals surface area contributed by atoms with Crippen LogP contribution in [-0.4, -0.2) is 25.5 Å². The van der Waals surface area contributed by atoms with E-state index in [0.29, 0.717) is 5.56 Å². The third kappa shape index (κ3) is 3.89. The van der Waals surface area contributed by atoms with E-state index in [4.69, 9.17) is 14.5 Å². The van der Waals surface area contributed by atoms with Crippen LogP contribution in [0.15, 0.2) is 18.2 Å². The highest BCUT2D eigenvalue weighted by atomic mass is 28.4. The second-order valence-corrected chi connectivity index (χ2v) is 11.1. The number of hydrogen-bond donors (Lipinski definition) is 2. The van der Waals surface area contributed by atoms with Crippen molar-refractivity contribution >= 4 is 20.9 Å². The lowest BCUT2D eigenvalue weighted by molar-refractivity contribution is 0.271. The lowest BCUT2D eigenvalue weighted by Gasteiger charge is -2.36. The Kier molecular flexibility index (Phi) is 4.95. The summed E-state index contributed by atoms with van der Waals surface area (Å²) in [6, 6.07) is 4.56. The molecule has 0 heterocycles. The average Bonchev–Trinajstić information content (AvgIpc) is 2.25. The Labute approximate surface area is 115 Å². The standard InChI is InChI=1S/C13H22BFO3Si/c1-13(2,3)19(4,5)18-9-10-7-6-8-11(12(10)15)14(16)17/h6-8,16-17H,9H2,1-5H3. The molecule has 6 heteroatoms. The zero-order valence-electron chi connectivity index (χ0n) is 12.2. The van der Waals surface area contributed by atoms with Crippen molar-refractivity contribution in [2.24, 2.45) is 0 Å². The SMILES string of the molecule is CC(C)(C)[Si](C)(C)OCc1cccc(B(O)O)c1F. The molecule has 0 aliphatic rings. The molecular formula is C13H22BFO3Si. The quantitative estimate of drug-likeness (QED) is 0.832. The summed E-state index contributed by atoms with van der Waals surface area (Å²) in [4.78, 5) is 0. The van der Waals surface area contributed by atoms with Gasteiger partial charge in [-0.1, -0.05) is 39.0 Å². The van der Waals surface area contributed by atoms with E-state index in [1.54, 1.807) is 12.1 Å². The van der Waals surface area contributed by atoms with E-state index >= 15 is 0 Å². The van der Waals surface area contributed by atoms with Gasteiger partial charge >= 0.3 is 7.12 Å². The fourth-order valence-corrected chi connectivity index (χ4v) is 2.33. The summed E-state index contributed by atoms with van der Waals surface area (Å²) in [6.45, 7) is 10.7. The van der Waals surface area contributed by atoms with Gasteiger partial charge in [-0.3, -0.25) is 0 Å². The normalized spacial score (nSPS) is 12.6. The molecule has 0 radical (unpaired) electrons. The topological polar surface area (TPSA) is 49.7 Å². The molecule has 0 bridgehead atoms. The smallest absolute Gasteiger partial charge is 0.423 e. The molecular weight excluding hydrogens is 262 g/mol. The van der Waals surface area contributed by atoms with Gasteiger partial charge in [-0.15, -0.1) is 0 Å². The first-order valence-electron chi connectivity index (χ1n) is 6.33. The Hall–Kier alpha value is -0.688. The van der Waals surface area contributed by atoms with Crippen LogP contribution >= 0.6 is 0 Å². The van der Waals surface area contributed by atoms with Gasteiger partial charge in [0.25, 0.3) is 0 Å². The monoisotopic (exact) mass is 284 g/mol. The Morgan fingerprint density at radius 2 is 1.84 bits per heavy atom. The minimum Gasteiger partial charge on any atom is -0.423 e. The van der Waals surface area contributed by atoms with Crippen LogP contribution in [-0.2, 0) is 11.0 Å². The van der Waals surface area contributed by atoms with Crippen molar-refractivity contribution in [1.29, 1.82) is 0 Å². The number of hydrogen-bond acceptors (Lipinski definition) is 3. The lowest BCUT2D eigenvalue weighted by Crippen LogP contribution is -2.41. The van der Waals surface area contributed by atoms with Gasteiger partial charge in [0, 0.05) is 11.0 Å². The summed E-state index contributed by atoms with van der Waals surface area (Å²) in [5.41, 5.74) is 0.242. The van der Waals surface area contributed by atoms with Gasteiger partial charge in [0.1, 0.15) is 5.82 Å². The van der Waals surface area contributed by atoms with Gasteiger partial charge in [0.15, 0.2) is 8.32 Å². The van der Waals surface area contributed by atoms with Gasteiger partial charge in [-0.25, -0.2) is 4.39 Å². The molecule has 106 valence electrons. The van der Waals surface area contributed by atoms with Crippen LogP contribution in [0.5, 0.6) is 0 Å². The van der Waals surface area contributed by atoms with E-state index in [-0.39, 0.29) is 17.1 Å². The molecule has 1 aromatic rings. The van der Waals surface area contributed by atoms with Gasteiger partial charge in [-0.2, -0.15) is 0 Å². The van der Waals surface area contributed by atoms with Crippen LogP contribution in [0.25, 0.3) is 0 Å². The molecule has 0 saturated carbocycles. The van der Waals surface area contributed by atoms with Crippen molar-refractivity contribution in [3.63, 3.8) is 0 Å². The van der Waals surface area contributed by atoms with E-state index in [0.717, 1.165) is 0 Å². The number of halogens is 1. The predicted octanol–water partition coefficient (Wildman–Crippen LogP) is 2.03. The summed E-state index contributed by atoms with van der Waals surface area (Å²) >= 11 is 0. The van der Waals surface area contributed by atoms with Gasteiger partial charge < -0.3 is 14.5 Å². The van der Waals surface area contributed by atoms with Crippen molar-refractivity contribution < 1.29 is 18.9 Å². The van der Waals surface area contributed by atoms with Crippen molar-refractivity contribution in [2.45, 2.75) is 45.5 Å². The average molecular weight is 284 g/mol. The highest BCUT2D eigenvalue weighted by Gasteiger charge is 2.37. The first-order chi connectivity index (χ1) is 8.56. The minimum atomic E-state index is -1.95. The Morgan fingerprint density at radius 3 is 2.32 bits per heavy atom. The van der Waals surface area contributed by atoms with E-state index in [2.05, 4.69) is 33.9 Å². The molecule has 19 heavy (non-hydrogen) atoms. The van der Waals surface area contributed by atoms with Crippen LogP contribution in [0.2, 0.25) is 18.1 Å². The van der Waals surface area contributed by atoms with Crippen LogP contribution in [0.4, 0.5) is 4.39 Å². The molecule has 0 unspecified atom stereocenters. The molecule has 1 rings (SSSR count). The van der Waals surface area contributed by atoms with E-state index in [1.807, 2.05) is 0 Å². The van der Waals surface area contributed by atoms with E-state index in [1.165, 1.54) is 6.07 Å². The largest absolute Gasteiger partial charge is 0.491 e. The van der Waals surface area contributed by atoms with Crippen LogP contribution in [0, 0.1) is 5.82 Å². The van der Waals surface area contributed by atoms with Gasteiger partial charge in [0.2, 0.25) is 0 Å². The van der Waals surface area contributed by atoms with Crippen LogP contribution in [0.1, 0.15) is 26.3 Å². The van der Waals surface area contributed by atoms with Crippen molar-refractivity contribution in [2.75, 3.05) is 0 Å². The molecule has 2 N–H and O–H groups in total. The van der Waals surface area contributed by atoms with Crippen LogP contribution in [0.3, 0.4) is 0 Å². The van der Waals surface area contributed by atoms with Crippen molar-refractivity contribution in [3.05, 3.63) is 29.6 Å². The maximum atomic E-state index is 14.0. The zero-order chi connectivity index (χ0) is 14.8. The summed E-state index contributed by atoms with van der Waals surface area (Å²) in [6.07, 6.45) is 0. The third-order valence-electron chi connectivity index (χ3n) is 3.78. The lowest BCUT2D eigenvalue weighted by atomic mass is 9.79. The fraction of sp³-hybridized carbons (Fsp3) is 0.538. The first-order valence-corrected chi connectivity index (χ1v) is 9.24. The summed E-state index contributed by atoms with van der Waals surface area (Å²) in [5.74, 6) is -0.601. The molecule has 1 aromatic carbocycles. The molecule has 0 fully saturated rings. The highest BCUT2D eigenvalue weighted by Crippen LogP contribution is 2.37. The van der Waals surface area contributed by atoms with E-state index in [9.17, 15) is 4.39 Å². The van der Waals surface area contributed by atoms with Crippen molar-refractivity contribution in [3.8, 4) is 0 Å². The predicted molar refractivity (Wildman–Crippen MR) is 78.2 cm³/mol. The Bertz CT molecular complexity index is 444. The minimum absolute atomic E-state index is 0.0532. The summed E-state index contributed by atoms with van der Waals surface area (Å²) in [5, 5.41) is 18.2. The molecule has 0 atom stereocenters. The third-order valence-corrected chi connectivity index (χ3v) is 8.26. The molecule has 0 aromatic heterocycles. The second kappa shape index (κ2) is 5.75. The van der Waals surface area contributed by atoms with Gasteiger partial charge in [-0.05, 0) is 18.1 Å². The molecule has 0 amide bonds. The zero-order valence-corrected chi connectivity index (χ0v) is 13.2. The Morgan fingerprint density at radius 1 is 1.26 bits per heavy atom. The highest BCUT2D eigenvalue weighted by molar-refractivity contribution is 6.74. The maximum absolute atomic E-state index is 14.0. The molecule has 0 saturated heterocycles. The molecule has 0 aliphatic carbocycles. The van der Waals surface area contributed by atoms with Crippen molar-refractivity contribution in [1.82, 2.24) is 0 Å². The maximum Gasteiger partial charge on any atom is 0.491 e. The fourth-order valence-electron chi connectivity index (χ4n) is 1.39. The second-order valence-electron chi connectivity index (χ2n) is 6.24. The molecule has 0 spiro atoms. The Balaban J connectivity index is 2.88. The first kappa shape index (κ1) is 16.4. The van der Waals surface area contributed by atoms with E-state index < -0.39 is 21.3 Å². The number of rotatable bonds is 4. The van der Waals surface area contributed by atoms with Crippen LogP contribution < -0.4 is 5.46 Å². The number of benzene rings is 1. The summed E-state index contributed by atoms with van der Waals surface area (Å²) in [7, 11) is -3.75. The molecule has 0 aliphatic heterocycles. The molecule has 3 nitrogen and oxygen atoms in total. The van der Waals surface area contributed by atoms with Gasteiger partial charge in [0.05, 0.1) is 6.61 Å². The summed E-state index contributed by atoms with van der Waals surface area (Å²) < 4.78 is 19.9.